The van der Waals surface area contributed by atoms with E-state index in [1.165, 1.54) is 19.1 Å². The lowest BCUT2D eigenvalue weighted by Crippen LogP contribution is -2.43. The molecule has 0 spiro atoms. The maximum absolute atomic E-state index is 11.7. The Labute approximate surface area is 106 Å². The molecule has 1 aromatic rings. The van der Waals surface area contributed by atoms with E-state index in [1.54, 1.807) is 6.92 Å². The van der Waals surface area contributed by atoms with E-state index in [9.17, 15) is 9.59 Å². The first-order chi connectivity index (χ1) is 8.60. The van der Waals surface area contributed by atoms with Crippen molar-refractivity contribution < 1.29 is 19.1 Å². The summed E-state index contributed by atoms with van der Waals surface area (Å²) in [5.41, 5.74) is 0.915. The van der Waals surface area contributed by atoms with Crippen molar-refractivity contribution in [2.45, 2.75) is 19.5 Å². The lowest BCUT2D eigenvalue weighted by Gasteiger charge is -2.26. The second-order valence-corrected chi connectivity index (χ2v) is 3.78. The highest BCUT2D eigenvalue weighted by Crippen LogP contribution is 2.10. The molecule has 1 atom stereocenters. The van der Waals surface area contributed by atoms with Gasteiger partial charge in [-0.2, -0.15) is 0 Å². The van der Waals surface area contributed by atoms with Crippen LogP contribution in [0, 0.1) is 0 Å². The molecule has 5 heteroatoms. The maximum Gasteiger partial charge on any atom is 0.410 e. The first-order valence-corrected chi connectivity index (χ1v) is 5.56. The number of nitrogens with zero attached hydrogens (tertiary/aromatic N) is 1. The normalized spacial score (nSPS) is 11.5. The second kappa shape index (κ2) is 6.64. The van der Waals surface area contributed by atoms with Crippen LogP contribution in [0.5, 0.6) is 0 Å². The molecule has 1 amide bonds. The van der Waals surface area contributed by atoms with Crippen LogP contribution in [0.15, 0.2) is 30.3 Å². The quantitative estimate of drug-likeness (QED) is 0.766. The fourth-order valence-corrected chi connectivity index (χ4v) is 1.55. The summed E-state index contributed by atoms with van der Waals surface area (Å²) in [5, 5.41) is 0. The topological polar surface area (TPSA) is 55.8 Å². The SMILES string of the molecule is COC(=O)C(C)N(Cc1ccccc1)C(=O)OC. The van der Waals surface area contributed by atoms with E-state index in [2.05, 4.69) is 9.47 Å². The van der Waals surface area contributed by atoms with Crippen LogP contribution in [-0.2, 0) is 20.8 Å². The Morgan fingerprint density at radius 3 is 2.28 bits per heavy atom. The van der Waals surface area contributed by atoms with Crippen molar-refractivity contribution >= 4 is 12.1 Å². The lowest BCUT2D eigenvalue weighted by molar-refractivity contribution is -0.145. The van der Waals surface area contributed by atoms with Crippen LogP contribution >= 0.6 is 0 Å². The van der Waals surface area contributed by atoms with Gasteiger partial charge >= 0.3 is 12.1 Å². The van der Waals surface area contributed by atoms with E-state index < -0.39 is 18.1 Å². The van der Waals surface area contributed by atoms with E-state index in [0.717, 1.165) is 5.56 Å². The van der Waals surface area contributed by atoms with E-state index in [0.29, 0.717) is 6.54 Å². The van der Waals surface area contributed by atoms with Gasteiger partial charge in [-0.25, -0.2) is 9.59 Å². The van der Waals surface area contributed by atoms with Crippen LogP contribution in [0.4, 0.5) is 4.79 Å². The predicted octanol–water partition coefficient (Wildman–Crippen LogP) is 1.82. The Kier molecular flexibility index (Phi) is 5.17. The second-order valence-electron chi connectivity index (χ2n) is 3.78. The number of carbonyl (C=O) groups is 2. The lowest BCUT2D eigenvalue weighted by atomic mass is 10.2. The number of hydrogen-bond acceptors (Lipinski definition) is 4. The Hall–Kier alpha value is -2.04. The average Bonchev–Trinajstić information content (AvgIpc) is 2.43. The van der Waals surface area contributed by atoms with Crippen molar-refractivity contribution in [3.8, 4) is 0 Å². The van der Waals surface area contributed by atoms with E-state index in [-0.39, 0.29) is 0 Å². The molecule has 0 radical (unpaired) electrons. The molecule has 0 saturated heterocycles. The number of methoxy groups -OCH3 is 2. The van der Waals surface area contributed by atoms with Gasteiger partial charge in [0.2, 0.25) is 0 Å². The van der Waals surface area contributed by atoms with Crippen LogP contribution in [-0.4, -0.2) is 37.2 Å². The Bertz CT molecular complexity index is 405. The predicted molar refractivity (Wildman–Crippen MR) is 65.9 cm³/mol. The van der Waals surface area contributed by atoms with Crippen molar-refractivity contribution in [1.29, 1.82) is 0 Å². The van der Waals surface area contributed by atoms with Crippen LogP contribution in [0.2, 0.25) is 0 Å². The van der Waals surface area contributed by atoms with Gasteiger partial charge in [0.15, 0.2) is 0 Å². The van der Waals surface area contributed by atoms with Crippen LogP contribution in [0.25, 0.3) is 0 Å². The van der Waals surface area contributed by atoms with E-state index >= 15 is 0 Å². The van der Waals surface area contributed by atoms with E-state index in [4.69, 9.17) is 0 Å². The van der Waals surface area contributed by atoms with Gasteiger partial charge in [0.25, 0.3) is 0 Å². The molecule has 0 aliphatic heterocycles. The number of benzene rings is 1. The largest absolute Gasteiger partial charge is 0.467 e. The highest BCUT2D eigenvalue weighted by atomic mass is 16.5. The van der Waals surface area contributed by atoms with Gasteiger partial charge < -0.3 is 9.47 Å². The minimum absolute atomic E-state index is 0.295. The average molecular weight is 251 g/mol. The summed E-state index contributed by atoms with van der Waals surface area (Å²) < 4.78 is 9.32. The summed E-state index contributed by atoms with van der Waals surface area (Å²) in [6.07, 6.45) is -0.559. The summed E-state index contributed by atoms with van der Waals surface area (Å²) in [6.45, 7) is 1.90. The smallest absolute Gasteiger partial charge is 0.410 e. The minimum atomic E-state index is -0.692. The summed E-state index contributed by atoms with van der Waals surface area (Å²) >= 11 is 0. The highest BCUT2D eigenvalue weighted by Gasteiger charge is 2.27. The number of rotatable bonds is 4. The molecule has 1 unspecified atom stereocenters. The molecule has 5 nitrogen and oxygen atoms in total. The molecule has 18 heavy (non-hydrogen) atoms. The molecule has 0 fully saturated rings. The van der Waals surface area contributed by atoms with Gasteiger partial charge in [-0.15, -0.1) is 0 Å². The van der Waals surface area contributed by atoms with Crippen LogP contribution < -0.4 is 0 Å². The number of hydrogen-bond donors (Lipinski definition) is 0. The highest BCUT2D eigenvalue weighted by molar-refractivity contribution is 5.80. The van der Waals surface area contributed by atoms with Crippen LogP contribution in [0.1, 0.15) is 12.5 Å². The zero-order chi connectivity index (χ0) is 13.5. The van der Waals surface area contributed by atoms with E-state index in [1.807, 2.05) is 30.3 Å². The van der Waals surface area contributed by atoms with Gasteiger partial charge in [0.05, 0.1) is 14.2 Å². The molecule has 1 aromatic carbocycles. The Morgan fingerprint density at radius 2 is 1.78 bits per heavy atom. The maximum atomic E-state index is 11.7. The molecule has 1 rings (SSSR count). The molecule has 0 bridgehead atoms. The fraction of sp³-hybridized carbons (Fsp3) is 0.385. The number of carbonyl (C=O) groups excluding carboxylic acids is 2. The molecule has 98 valence electrons. The molecule has 0 aliphatic rings. The van der Waals surface area contributed by atoms with Crippen molar-refractivity contribution in [1.82, 2.24) is 4.90 Å². The summed E-state index contributed by atoms with van der Waals surface area (Å²) in [4.78, 5) is 24.5. The van der Waals surface area contributed by atoms with Crippen molar-refractivity contribution in [3.05, 3.63) is 35.9 Å². The van der Waals surface area contributed by atoms with Crippen LogP contribution in [0.3, 0.4) is 0 Å². The first kappa shape index (κ1) is 14.0. The summed E-state index contributed by atoms with van der Waals surface area (Å²) in [5.74, 6) is -0.476. The third-order valence-corrected chi connectivity index (χ3v) is 2.61. The van der Waals surface area contributed by atoms with Crippen molar-refractivity contribution in [3.63, 3.8) is 0 Å². The molecular weight excluding hydrogens is 234 g/mol. The molecular formula is C13H17NO4. The third kappa shape index (κ3) is 3.48. The molecule has 0 saturated carbocycles. The Morgan fingerprint density at radius 1 is 1.17 bits per heavy atom. The molecule has 0 aromatic heterocycles. The molecule has 0 aliphatic carbocycles. The first-order valence-electron chi connectivity index (χ1n) is 5.56. The van der Waals surface area contributed by atoms with Gasteiger partial charge in [0, 0.05) is 6.54 Å². The summed E-state index contributed by atoms with van der Waals surface area (Å²) in [7, 11) is 2.57. The number of esters is 1. The summed E-state index contributed by atoms with van der Waals surface area (Å²) in [6, 6.07) is 8.68. The van der Waals surface area contributed by atoms with Crippen molar-refractivity contribution in [2.24, 2.45) is 0 Å². The van der Waals surface area contributed by atoms with Gasteiger partial charge in [-0.1, -0.05) is 30.3 Å². The Balaban J connectivity index is 2.86. The fourth-order valence-electron chi connectivity index (χ4n) is 1.55. The molecule has 0 heterocycles. The zero-order valence-corrected chi connectivity index (χ0v) is 10.8. The van der Waals surface area contributed by atoms with Gasteiger partial charge in [0.1, 0.15) is 6.04 Å². The van der Waals surface area contributed by atoms with Gasteiger partial charge in [-0.3, -0.25) is 4.90 Å². The standard InChI is InChI=1S/C13H17NO4/c1-10(12(15)17-2)14(13(16)18-3)9-11-7-5-4-6-8-11/h4-8,10H,9H2,1-3H3. The van der Waals surface area contributed by atoms with Gasteiger partial charge in [-0.05, 0) is 12.5 Å². The molecule has 0 N–H and O–H groups in total. The number of amides is 1. The minimum Gasteiger partial charge on any atom is -0.467 e. The monoisotopic (exact) mass is 251 g/mol. The number of ether oxygens (including phenoxy) is 2. The van der Waals surface area contributed by atoms with Crippen molar-refractivity contribution in [2.75, 3.05) is 14.2 Å². The zero-order valence-electron chi connectivity index (χ0n) is 10.8. The third-order valence-electron chi connectivity index (χ3n) is 2.61.